The first kappa shape index (κ1) is 13.0. The van der Waals surface area contributed by atoms with Gasteiger partial charge in [0.05, 0.1) is 6.61 Å². The number of aliphatic hydroxyl groups is 1. The molecule has 0 bridgehead atoms. The van der Waals surface area contributed by atoms with Crippen molar-refractivity contribution < 1.29 is 5.11 Å². The highest BCUT2D eigenvalue weighted by molar-refractivity contribution is 5.47. The normalized spacial score (nSPS) is 10.9. The largest absolute Gasteiger partial charge is 0.392 e. The summed E-state index contributed by atoms with van der Waals surface area (Å²) in [5.74, 6) is 1.66. The summed E-state index contributed by atoms with van der Waals surface area (Å²) in [6.45, 7) is 10.6. The number of aryl methyl sites for hydroxylation is 1. The van der Waals surface area contributed by atoms with Gasteiger partial charge in [0.15, 0.2) is 0 Å². The van der Waals surface area contributed by atoms with E-state index in [-0.39, 0.29) is 6.61 Å². The molecule has 1 N–H and O–H groups in total. The van der Waals surface area contributed by atoms with Gasteiger partial charge in [0.25, 0.3) is 0 Å². The lowest BCUT2D eigenvalue weighted by molar-refractivity contribution is 0.281. The molecule has 3 nitrogen and oxygen atoms in total. The first-order valence-corrected chi connectivity index (χ1v) is 5.89. The van der Waals surface area contributed by atoms with Crippen molar-refractivity contribution in [3.05, 3.63) is 23.4 Å². The van der Waals surface area contributed by atoms with Gasteiger partial charge < -0.3 is 10.0 Å². The van der Waals surface area contributed by atoms with Crippen LogP contribution in [0.3, 0.4) is 0 Å². The van der Waals surface area contributed by atoms with Crippen molar-refractivity contribution in [2.45, 2.75) is 34.3 Å². The second-order valence-electron chi connectivity index (χ2n) is 4.57. The third-order valence-corrected chi connectivity index (χ3v) is 2.56. The molecule has 1 aromatic heterocycles. The number of hydrogen-bond acceptors (Lipinski definition) is 3. The average molecular weight is 222 g/mol. The molecule has 0 saturated heterocycles. The highest BCUT2D eigenvalue weighted by atomic mass is 16.3. The summed E-state index contributed by atoms with van der Waals surface area (Å²) in [7, 11) is 0. The number of hydrogen-bond donors (Lipinski definition) is 1. The molecule has 0 amide bonds. The summed E-state index contributed by atoms with van der Waals surface area (Å²) < 4.78 is 0. The third kappa shape index (κ3) is 3.20. The Morgan fingerprint density at radius 2 is 2.12 bits per heavy atom. The van der Waals surface area contributed by atoms with Crippen LogP contribution in [0.5, 0.6) is 0 Å². The van der Waals surface area contributed by atoms with Crippen LogP contribution in [-0.4, -0.2) is 23.2 Å². The van der Waals surface area contributed by atoms with Gasteiger partial charge in [-0.1, -0.05) is 13.8 Å². The van der Waals surface area contributed by atoms with Crippen LogP contribution in [0.2, 0.25) is 0 Å². The standard InChI is InChI=1S/C13H22N2O/c1-5-15(8-10(2)3)13-11(4)6-12(9-16)7-14-13/h6-7,10,16H,5,8-9H2,1-4H3. The van der Waals surface area contributed by atoms with Crippen molar-refractivity contribution in [2.24, 2.45) is 5.92 Å². The molecule has 90 valence electrons. The van der Waals surface area contributed by atoms with E-state index in [2.05, 4.69) is 30.7 Å². The summed E-state index contributed by atoms with van der Waals surface area (Å²) in [4.78, 5) is 6.72. The molecular weight excluding hydrogens is 200 g/mol. The molecule has 0 aromatic carbocycles. The topological polar surface area (TPSA) is 36.4 Å². The number of aromatic nitrogens is 1. The zero-order valence-corrected chi connectivity index (χ0v) is 10.7. The molecule has 0 aliphatic heterocycles. The van der Waals surface area contributed by atoms with E-state index >= 15 is 0 Å². The monoisotopic (exact) mass is 222 g/mol. The zero-order valence-electron chi connectivity index (χ0n) is 10.7. The van der Waals surface area contributed by atoms with Crippen LogP contribution >= 0.6 is 0 Å². The maximum Gasteiger partial charge on any atom is 0.131 e. The van der Waals surface area contributed by atoms with Crippen LogP contribution in [0.1, 0.15) is 31.9 Å². The van der Waals surface area contributed by atoms with Gasteiger partial charge in [0.2, 0.25) is 0 Å². The molecule has 1 aromatic rings. The minimum Gasteiger partial charge on any atom is -0.392 e. The Morgan fingerprint density at radius 1 is 1.44 bits per heavy atom. The van der Waals surface area contributed by atoms with Crippen LogP contribution in [0, 0.1) is 12.8 Å². The van der Waals surface area contributed by atoms with Crippen molar-refractivity contribution >= 4 is 5.82 Å². The van der Waals surface area contributed by atoms with E-state index in [4.69, 9.17) is 5.11 Å². The minimum absolute atomic E-state index is 0.0599. The molecular formula is C13H22N2O. The highest BCUT2D eigenvalue weighted by Crippen LogP contribution is 2.18. The number of nitrogens with zero attached hydrogens (tertiary/aromatic N) is 2. The number of aliphatic hydroxyl groups excluding tert-OH is 1. The summed E-state index contributed by atoms with van der Waals surface area (Å²) in [5, 5.41) is 9.04. The van der Waals surface area contributed by atoms with Crippen LogP contribution in [0.15, 0.2) is 12.3 Å². The van der Waals surface area contributed by atoms with Crippen LogP contribution in [-0.2, 0) is 6.61 Å². The second kappa shape index (κ2) is 5.85. The van der Waals surface area contributed by atoms with Crippen molar-refractivity contribution in [1.82, 2.24) is 4.98 Å². The average Bonchev–Trinajstić information content (AvgIpc) is 2.25. The van der Waals surface area contributed by atoms with E-state index in [1.54, 1.807) is 6.20 Å². The molecule has 1 rings (SSSR count). The van der Waals surface area contributed by atoms with Crippen LogP contribution < -0.4 is 4.90 Å². The fourth-order valence-electron chi connectivity index (χ4n) is 1.85. The predicted octanol–water partition coefficient (Wildman–Crippen LogP) is 2.36. The third-order valence-electron chi connectivity index (χ3n) is 2.56. The Kier molecular flexibility index (Phi) is 4.74. The van der Waals surface area contributed by atoms with Gasteiger partial charge in [0, 0.05) is 19.3 Å². The van der Waals surface area contributed by atoms with Gasteiger partial charge in [-0.15, -0.1) is 0 Å². The summed E-state index contributed by atoms with van der Waals surface area (Å²) in [5.41, 5.74) is 2.01. The molecule has 3 heteroatoms. The lowest BCUT2D eigenvalue weighted by Gasteiger charge is -2.25. The maximum absolute atomic E-state index is 9.04. The van der Waals surface area contributed by atoms with E-state index in [0.717, 1.165) is 30.0 Å². The number of pyridine rings is 1. The SMILES string of the molecule is CCN(CC(C)C)c1ncc(CO)cc1C. The predicted molar refractivity (Wildman–Crippen MR) is 67.6 cm³/mol. The van der Waals surface area contributed by atoms with Crippen LogP contribution in [0.4, 0.5) is 5.82 Å². The van der Waals surface area contributed by atoms with Crippen molar-refractivity contribution in [3.63, 3.8) is 0 Å². The van der Waals surface area contributed by atoms with Crippen molar-refractivity contribution in [2.75, 3.05) is 18.0 Å². The molecule has 0 aliphatic carbocycles. The first-order valence-electron chi connectivity index (χ1n) is 5.89. The van der Waals surface area contributed by atoms with Gasteiger partial charge in [-0.2, -0.15) is 0 Å². The van der Waals surface area contributed by atoms with Gasteiger partial charge in [0.1, 0.15) is 5.82 Å². The Hall–Kier alpha value is -1.09. The highest BCUT2D eigenvalue weighted by Gasteiger charge is 2.10. The Labute approximate surface area is 98.1 Å². The van der Waals surface area contributed by atoms with Gasteiger partial charge in [-0.3, -0.25) is 0 Å². The summed E-state index contributed by atoms with van der Waals surface area (Å²) in [6.07, 6.45) is 1.76. The van der Waals surface area contributed by atoms with Gasteiger partial charge >= 0.3 is 0 Å². The Bertz CT molecular complexity index is 337. The number of rotatable bonds is 5. The van der Waals surface area contributed by atoms with E-state index in [0.29, 0.717) is 5.92 Å². The molecule has 0 spiro atoms. The fraction of sp³-hybridized carbons (Fsp3) is 0.615. The lowest BCUT2D eigenvalue weighted by Crippen LogP contribution is -2.28. The van der Waals surface area contributed by atoms with Gasteiger partial charge in [-0.05, 0) is 37.0 Å². The first-order chi connectivity index (χ1) is 7.58. The fourth-order valence-corrected chi connectivity index (χ4v) is 1.85. The maximum atomic E-state index is 9.04. The zero-order chi connectivity index (χ0) is 12.1. The Morgan fingerprint density at radius 3 is 2.56 bits per heavy atom. The number of anilines is 1. The van der Waals surface area contributed by atoms with Gasteiger partial charge in [-0.25, -0.2) is 4.98 Å². The molecule has 0 aliphatic rings. The summed E-state index contributed by atoms with van der Waals surface area (Å²) >= 11 is 0. The lowest BCUT2D eigenvalue weighted by atomic mass is 10.1. The van der Waals surface area contributed by atoms with Crippen LogP contribution in [0.25, 0.3) is 0 Å². The molecule has 0 fully saturated rings. The quantitative estimate of drug-likeness (QED) is 0.831. The van der Waals surface area contributed by atoms with E-state index in [1.165, 1.54) is 0 Å². The molecule has 0 saturated carbocycles. The molecule has 0 atom stereocenters. The van der Waals surface area contributed by atoms with E-state index in [1.807, 2.05) is 13.0 Å². The summed E-state index contributed by atoms with van der Waals surface area (Å²) in [6, 6.07) is 2.01. The molecule has 0 unspecified atom stereocenters. The van der Waals surface area contributed by atoms with E-state index < -0.39 is 0 Å². The smallest absolute Gasteiger partial charge is 0.131 e. The van der Waals surface area contributed by atoms with E-state index in [9.17, 15) is 0 Å². The second-order valence-corrected chi connectivity index (χ2v) is 4.57. The van der Waals surface area contributed by atoms with Crippen molar-refractivity contribution in [1.29, 1.82) is 0 Å². The van der Waals surface area contributed by atoms with Crippen molar-refractivity contribution in [3.8, 4) is 0 Å². The molecule has 16 heavy (non-hydrogen) atoms. The minimum atomic E-state index is 0.0599. The molecule has 1 heterocycles. The molecule has 0 radical (unpaired) electrons. The Balaban J connectivity index is 2.92.